The zero-order valence-corrected chi connectivity index (χ0v) is 12.6. The Labute approximate surface area is 101 Å². The topological polar surface area (TPSA) is 29.5 Å². The molecule has 2 nitrogen and oxygen atoms in total. The molecule has 0 aromatic carbocycles. The van der Waals surface area contributed by atoms with E-state index in [0.717, 1.165) is 25.0 Å². The van der Waals surface area contributed by atoms with Crippen molar-refractivity contribution in [3.05, 3.63) is 11.3 Å². The van der Waals surface area contributed by atoms with Gasteiger partial charge in [0.05, 0.1) is 0 Å². The van der Waals surface area contributed by atoms with Crippen LogP contribution in [0.25, 0.3) is 0 Å². The highest BCUT2D eigenvalue weighted by molar-refractivity contribution is 6.74. The van der Waals surface area contributed by atoms with Gasteiger partial charge >= 0.3 is 0 Å². The van der Waals surface area contributed by atoms with Crippen molar-refractivity contribution in [2.75, 3.05) is 0 Å². The summed E-state index contributed by atoms with van der Waals surface area (Å²) in [5, 5.41) is 10.2. The average Bonchev–Trinajstić information content (AvgIpc) is 2.10. The minimum Gasteiger partial charge on any atom is -0.545 e. The maximum Gasteiger partial charge on any atom is 0.250 e. The Bertz CT molecular complexity index is 287. The van der Waals surface area contributed by atoms with Gasteiger partial charge in [-0.2, -0.15) is 0 Å². The fourth-order valence-corrected chi connectivity index (χ4v) is 2.85. The van der Waals surface area contributed by atoms with Gasteiger partial charge in [-0.1, -0.05) is 20.8 Å². The van der Waals surface area contributed by atoms with Crippen LogP contribution in [0.15, 0.2) is 11.3 Å². The van der Waals surface area contributed by atoms with Crippen LogP contribution < -0.4 is 0 Å². The molecule has 1 atom stereocenters. The number of aliphatic hydroxyl groups excluding tert-OH is 1. The monoisotopic (exact) mass is 242 g/mol. The standard InChI is InChI=1S/C13H26O2Si/c1-10-8-7-9-11(14)12(10)15-16(5,6)13(2,3)4/h11,14H,7-9H2,1-6H3. The quantitative estimate of drug-likeness (QED) is 0.746. The van der Waals surface area contributed by atoms with Gasteiger partial charge in [-0.25, -0.2) is 0 Å². The van der Waals surface area contributed by atoms with Crippen molar-refractivity contribution in [2.24, 2.45) is 0 Å². The summed E-state index contributed by atoms with van der Waals surface area (Å²) >= 11 is 0. The molecule has 1 rings (SSSR count). The van der Waals surface area contributed by atoms with E-state index in [2.05, 4.69) is 40.8 Å². The molecular weight excluding hydrogens is 216 g/mol. The second-order valence-corrected chi connectivity index (χ2v) is 11.1. The van der Waals surface area contributed by atoms with E-state index in [1.165, 1.54) is 5.57 Å². The van der Waals surface area contributed by atoms with Gasteiger partial charge < -0.3 is 9.53 Å². The Morgan fingerprint density at radius 2 is 1.88 bits per heavy atom. The van der Waals surface area contributed by atoms with E-state index in [-0.39, 0.29) is 11.1 Å². The van der Waals surface area contributed by atoms with Crippen LogP contribution in [0.5, 0.6) is 0 Å². The maximum atomic E-state index is 10.0. The summed E-state index contributed by atoms with van der Waals surface area (Å²) in [4.78, 5) is 0. The van der Waals surface area contributed by atoms with Crippen LogP contribution in [0.2, 0.25) is 18.1 Å². The molecule has 1 N–H and O–H groups in total. The smallest absolute Gasteiger partial charge is 0.250 e. The van der Waals surface area contributed by atoms with Crippen LogP contribution in [0.3, 0.4) is 0 Å². The molecule has 0 saturated heterocycles. The Balaban J connectivity index is 2.88. The molecule has 1 aliphatic rings. The van der Waals surface area contributed by atoms with Crippen LogP contribution in [0, 0.1) is 0 Å². The SMILES string of the molecule is CC1=C(O[Si](C)(C)C(C)(C)C)C(O)CCC1. The summed E-state index contributed by atoms with van der Waals surface area (Å²) in [5.41, 5.74) is 1.24. The van der Waals surface area contributed by atoms with Gasteiger partial charge in [0.15, 0.2) is 0 Å². The van der Waals surface area contributed by atoms with Gasteiger partial charge in [-0.15, -0.1) is 0 Å². The summed E-state index contributed by atoms with van der Waals surface area (Å²) in [6.07, 6.45) is 2.63. The summed E-state index contributed by atoms with van der Waals surface area (Å²) in [6, 6.07) is 0. The summed E-state index contributed by atoms with van der Waals surface area (Å²) in [6.45, 7) is 13.2. The lowest BCUT2D eigenvalue weighted by Gasteiger charge is -2.39. The van der Waals surface area contributed by atoms with Gasteiger partial charge in [0.2, 0.25) is 8.32 Å². The van der Waals surface area contributed by atoms with E-state index < -0.39 is 8.32 Å². The second-order valence-electron chi connectivity index (χ2n) is 6.41. The lowest BCUT2D eigenvalue weighted by Crippen LogP contribution is -2.42. The van der Waals surface area contributed by atoms with Crippen molar-refractivity contribution in [2.45, 2.75) is 71.2 Å². The van der Waals surface area contributed by atoms with Crippen molar-refractivity contribution in [1.82, 2.24) is 0 Å². The van der Waals surface area contributed by atoms with E-state index in [1.54, 1.807) is 0 Å². The summed E-state index contributed by atoms with van der Waals surface area (Å²) in [5.74, 6) is 0.873. The molecule has 3 heteroatoms. The van der Waals surface area contributed by atoms with Crippen molar-refractivity contribution in [3.8, 4) is 0 Å². The third-order valence-corrected chi connectivity index (χ3v) is 8.27. The van der Waals surface area contributed by atoms with E-state index in [9.17, 15) is 5.11 Å². The van der Waals surface area contributed by atoms with Crippen LogP contribution in [0.4, 0.5) is 0 Å². The molecule has 1 aliphatic carbocycles. The van der Waals surface area contributed by atoms with Gasteiger partial charge in [-0.05, 0) is 49.9 Å². The molecular formula is C13H26O2Si. The molecule has 16 heavy (non-hydrogen) atoms. The number of rotatable bonds is 2. The van der Waals surface area contributed by atoms with Crippen molar-refractivity contribution in [1.29, 1.82) is 0 Å². The molecule has 0 aromatic rings. The van der Waals surface area contributed by atoms with Crippen molar-refractivity contribution in [3.63, 3.8) is 0 Å². The lowest BCUT2D eigenvalue weighted by molar-refractivity contribution is 0.133. The number of hydrogen-bond acceptors (Lipinski definition) is 2. The first kappa shape index (κ1) is 13.8. The number of allylic oxidation sites excluding steroid dienone is 1. The summed E-state index contributed by atoms with van der Waals surface area (Å²) in [7, 11) is -1.79. The van der Waals surface area contributed by atoms with Gasteiger partial charge in [0, 0.05) is 0 Å². The van der Waals surface area contributed by atoms with E-state index in [4.69, 9.17) is 4.43 Å². The molecule has 1 unspecified atom stereocenters. The van der Waals surface area contributed by atoms with E-state index in [0.29, 0.717) is 0 Å². The molecule has 0 aliphatic heterocycles. The van der Waals surface area contributed by atoms with Gasteiger partial charge in [0.1, 0.15) is 11.9 Å². The molecule has 94 valence electrons. The molecule has 0 amide bonds. The first-order chi connectivity index (χ1) is 7.15. The minimum absolute atomic E-state index is 0.192. The fraction of sp³-hybridized carbons (Fsp3) is 0.846. The zero-order chi connectivity index (χ0) is 12.6. The molecule has 0 bridgehead atoms. The first-order valence-electron chi connectivity index (χ1n) is 6.22. The average molecular weight is 242 g/mol. The molecule has 0 saturated carbocycles. The van der Waals surface area contributed by atoms with E-state index in [1.807, 2.05) is 0 Å². The third kappa shape index (κ3) is 2.89. The Hall–Kier alpha value is -0.283. The third-order valence-electron chi connectivity index (χ3n) is 3.92. The highest BCUT2D eigenvalue weighted by Crippen LogP contribution is 2.40. The first-order valence-corrected chi connectivity index (χ1v) is 9.13. The Morgan fingerprint density at radius 1 is 1.31 bits per heavy atom. The van der Waals surface area contributed by atoms with Crippen LogP contribution in [-0.4, -0.2) is 19.5 Å². The predicted octanol–water partition coefficient (Wildman–Crippen LogP) is 3.83. The molecule has 0 aromatic heterocycles. The van der Waals surface area contributed by atoms with Crippen molar-refractivity contribution >= 4 is 8.32 Å². The maximum absolute atomic E-state index is 10.0. The van der Waals surface area contributed by atoms with Crippen LogP contribution in [0.1, 0.15) is 47.0 Å². The van der Waals surface area contributed by atoms with Gasteiger partial charge in [-0.3, -0.25) is 0 Å². The molecule has 0 radical (unpaired) electrons. The van der Waals surface area contributed by atoms with Crippen LogP contribution in [-0.2, 0) is 4.43 Å². The molecule has 0 heterocycles. The van der Waals surface area contributed by atoms with Crippen LogP contribution >= 0.6 is 0 Å². The lowest BCUT2D eigenvalue weighted by atomic mass is 9.97. The number of hydrogen-bond donors (Lipinski definition) is 1. The largest absolute Gasteiger partial charge is 0.545 e. The van der Waals surface area contributed by atoms with Crippen molar-refractivity contribution < 1.29 is 9.53 Å². The van der Waals surface area contributed by atoms with Gasteiger partial charge in [0.25, 0.3) is 0 Å². The number of aliphatic hydroxyl groups is 1. The molecule has 0 fully saturated rings. The normalized spacial score (nSPS) is 23.6. The highest BCUT2D eigenvalue weighted by Gasteiger charge is 2.40. The highest BCUT2D eigenvalue weighted by atomic mass is 28.4. The van der Waals surface area contributed by atoms with E-state index >= 15 is 0 Å². The fourth-order valence-electron chi connectivity index (χ4n) is 1.68. The zero-order valence-electron chi connectivity index (χ0n) is 11.6. The molecule has 0 spiro atoms. The second kappa shape index (κ2) is 4.53. The minimum atomic E-state index is -1.79. The Morgan fingerprint density at radius 3 is 2.31 bits per heavy atom. The summed E-state index contributed by atoms with van der Waals surface area (Å²) < 4.78 is 6.24. The predicted molar refractivity (Wildman–Crippen MR) is 70.8 cm³/mol. The Kier molecular flexibility index (Phi) is 3.90.